The Morgan fingerprint density at radius 2 is 1.87 bits per heavy atom. The van der Waals surface area contributed by atoms with Crippen LogP contribution in [-0.2, 0) is 16.1 Å². The van der Waals surface area contributed by atoms with Crippen molar-refractivity contribution in [3.05, 3.63) is 65.1 Å². The van der Waals surface area contributed by atoms with Gasteiger partial charge in [-0.3, -0.25) is 14.7 Å². The van der Waals surface area contributed by atoms with Gasteiger partial charge in [-0.2, -0.15) is 0 Å². The fraction of sp³-hybridized carbons (Fsp3) is 0.515. The van der Waals surface area contributed by atoms with Crippen molar-refractivity contribution in [2.24, 2.45) is 5.41 Å². The third-order valence-corrected chi connectivity index (χ3v) is 10.0. The smallest absolute Gasteiger partial charge is 0.303 e. The number of carbonyl (C=O) groups is 1. The Balaban J connectivity index is 1.27. The maximum atomic E-state index is 14.0. The first-order chi connectivity index (χ1) is 21.7. The topological polar surface area (TPSA) is 95.4 Å². The Morgan fingerprint density at radius 1 is 1.11 bits per heavy atom. The number of fused-ring (bicyclic) bond motifs is 1. The summed E-state index contributed by atoms with van der Waals surface area (Å²) in [7, 11) is 1.60. The van der Waals surface area contributed by atoms with Crippen molar-refractivity contribution in [2.45, 2.75) is 49.6 Å². The molecule has 0 amide bonds. The number of rotatable bonds is 13. The number of aliphatic carboxylic acids is 1. The van der Waals surface area contributed by atoms with E-state index in [0.717, 1.165) is 52.9 Å². The average molecular weight is 648 g/mol. The Hall–Kier alpha value is -2.90. The number of thioether (sulfide) groups is 1. The van der Waals surface area contributed by atoms with Crippen LogP contribution in [-0.4, -0.2) is 89.8 Å². The van der Waals surface area contributed by atoms with Crippen molar-refractivity contribution in [1.82, 2.24) is 14.8 Å². The number of benzene rings is 2. The van der Waals surface area contributed by atoms with Crippen LogP contribution in [0, 0.1) is 22.9 Å². The Bertz CT molecular complexity index is 1480. The van der Waals surface area contributed by atoms with Gasteiger partial charge in [0.05, 0.1) is 38.4 Å². The zero-order valence-electron chi connectivity index (χ0n) is 25.4. The van der Waals surface area contributed by atoms with Crippen LogP contribution >= 0.6 is 11.8 Å². The molecule has 0 saturated carbocycles. The lowest BCUT2D eigenvalue weighted by Crippen LogP contribution is -2.42. The number of hydrogen-bond acceptors (Lipinski definition) is 8. The van der Waals surface area contributed by atoms with Gasteiger partial charge in [-0.1, -0.05) is 0 Å². The normalized spacial score (nSPS) is 18.2. The Morgan fingerprint density at radius 3 is 2.58 bits per heavy atom. The van der Waals surface area contributed by atoms with E-state index >= 15 is 0 Å². The third kappa shape index (κ3) is 8.48. The van der Waals surface area contributed by atoms with Crippen LogP contribution in [0.2, 0.25) is 0 Å². The molecule has 0 unspecified atom stereocenters. The van der Waals surface area contributed by atoms with Gasteiger partial charge in [0.2, 0.25) is 0 Å². The number of aromatic nitrogens is 1. The first kappa shape index (κ1) is 33.5. The summed E-state index contributed by atoms with van der Waals surface area (Å²) in [5.74, 6) is -2.84. The lowest BCUT2D eigenvalue weighted by Gasteiger charge is -2.41. The highest BCUT2D eigenvalue weighted by Crippen LogP contribution is 2.43. The van der Waals surface area contributed by atoms with E-state index in [1.807, 2.05) is 24.4 Å². The summed E-state index contributed by atoms with van der Waals surface area (Å²) in [5.41, 5.74) is 1.99. The SMILES string of the molecule is COc1ccc2ncc(CN3CCOCC3)c([C@H](O)CCC3(CC(=O)O)CCN(CCSc4cc(F)cc(F)c4F)CC3)c2c1. The van der Waals surface area contributed by atoms with Gasteiger partial charge < -0.3 is 24.6 Å². The van der Waals surface area contributed by atoms with Crippen LogP contribution in [0.3, 0.4) is 0 Å². The quantitative estimate of drug-likeness (QED) is 0.180. The molecular formula is C33H40F3N3O5S. The van der Waals surface area contributed by atoms with Crippen molar-refractivity contribution < 1.29 is 37.7 Å². The number of ether oxygens (including phenoxy) is 2. The molecule has 12 heteroatoms. The summed E-state index contributed by atoms with van der Waals surface area (Å²) >= 11 is 1.06. The molecule has 244 valence electrons. The molecule has 8 nitrogen and oxygen atoms in total. The van der Waals surface area contributed by atoms with Gasteiger partial charge in [-0.05, 0) is 79.6 Å². The van der Waals surface area contributed by atoms with E-state index in [0.29, 0.717) is 82.6 Å². The lowest BCUT2D eigenvalue weighted by molar-refractivity contribution is -0.141. The molecular weight excluding hydrogens is 607 g/mol. The molecule has 3 heterocycles. The number of morpholine rings is 1. The van der Waals surface area contributed by atoms with E-state index in [4.69, 9.17) is 9.47 Å². The molecule has 1 atom stereocenters. The van der Waals surface area contributed by atoms with Crippen LogP contribution in [0.4, 0.5) is 13.2 Å². The number of aliphatic hydroxyl groups excluding tert-OH is 1. The fourth-order valence-electron chi connectivity index (χ4n) is 6.48. The highest BCUT2D eigenvalue weighted by Gasteiger charge is 2.37. The minimum atomic E-state index is -1.21. The van der Waals surface area contributed by atoms with E-state index in [2.05, 4.69) is 14.8 Å². The number of likely N-dealkylation sites (tertiary alicyclic amines) is 1. The number of carboxylic acids is 1. The number of hydrogen-bond donors (Lipinski definition) is 2. The third-order valence-electron chi connectivity index (χ3n) is 9.05. The van der Waals surface area contributed by atoms with E-state index in [1.54, 1.807) is 7.11 Å². The van der Waals surface area contributed by atoms with Crippen molar-refractivity contribution in [1.29, 1.82) is 0 Å². The van der Waals surface area contributed by atoms with Gasteiger partial charge >= 0.3 is 5.97 Å². The summed E-state index contributed by atoms with van der Waals surface area (Å²) < 4.78 is 52.1. The molecule has 5 rings (SSSR count). The molecule has 1 aromatic heterocycles. The van der Waals surface area contributed by atoms with Crippen LogP contribution in [0.15, 0.2) is 41.4 Å². The predicted molar refractivity (Wildman–Crippen MR) is 166 cm³/mol. The van der Waals surface area contributed by atoms with Gasteiger partial charge in [0.25, 0.3) is 0 Å². The second kappa shape index (κ2) is 15.1. The van der Waals surface area contributed by atoms with Crippen molar-refractivity contribution in [2.75, 3.05) is 58.8 Å². The monoisotopic (exact) mass is 647 g/mol. The predicted octanol–water partition coefficient (Wildman–Crippen LogP) is 5.66. The number of pyridine rings is 1. The number of piperidine rings is 1. The maximum Gasteiger partial charge on any atom is 0.303 e. The number of halogens is 3. The Kier molecular flexibility index (Phi) is 11.2. The van der Waals surface area contributed by atoms with E-state index in [1.165, 1.54) is 0 Å². The first-order valence-corrected chi connectivity index (χ1v) is 16.3. The van der Waals surface area contributed by atoms with E-state index < -0.39 is 34.9 Å². The van der Waals surface area contributed by atoms with Gasteiger partial charge in [0, 0.05) is 54.5 Å². The van der Waals surface area contributed by atoms with Crippen molar-refractivity contribution in [3.63, 3.8) is 0 Å². The molecule has 0 aliphatic carbocycles. The molecule has 2 aromatic carbocycles. The molecule has 0 radical (unpaired) electrons. The van der Waals surface area contributed by atoms with Gasteiger partial charge in [-0.25, -0.2) is 13.2 Å². The summed E-state index contributed by atoms with van der Waals surface area (Å²) in [4.78, 5) is 21.0. The molecule has 0 spiro atoms. The highest BCUT2D eigenvalue weighted by atomic mass is 32.2. The van der Waals surface area contributed by atoms with Crippen molar-refractivity contribution >= 4 is 28.6 Å². The van der Waals surface area contributed by atoms with E-state index in [9.17, 15) is 28.2 Å². The van der Waals surface area contributed by atoms with Crippen LogP contribution < -0.4 is 4.74 Å². The minimum absolute atomic E-state index is 0.00163. The highest BCUT2D eigenvalue weighted by molar-refractivity contribution is 7.99. The van der Waals surface area contributed by atoms with E-state index in [-0.39, 0.29) is 11.3 Å². The van der Waals surface area contributed by atoms with Crippen molar-refractivity contribution in [3.8, 4) is 5.75 Å². The lowest BCUT2D eigenvalue weighted by atomic mass is 9.71. The molecule has 2 fully saturated rings. The number of carboxylic acid groups (broad SMARTS) is 1. The average Bonchev–Trinajstić information content (AvgIpc) is 3.03. The zero-order chi connectivity index (χ0) is 32.0. The molecule has 2 N–H and O–H groups in total. The number of methoxy groups -OCH3 is 1. The van der Waals surface area contributed by atoms with Crippen LogP contribution in [0.5, 0.6) is 5.75 Å². The summed E-state index contributed by atoms with van der Waals surface area (Å²) in [6, 6.07) is 7.15. The van der Waals surface area contributed by atoms with Gasteiger partial charge in [0.15, 0.2) is 11.6 Å². The standard InChI is InChI=1S/C33H40F3N3O5S/c1-43-24-2-3-27-25(18-24)31(22(20-37-27)21-39-10-13-44-14-11-39)28(40)4-5-33(19-30(41)42)6-8-38(9-7-33)12-15-45-29-17-23(34)16-26(35)32(29)36/h2-3,16-18,20,28,40H,4-15,19,21H2,1H3,(H,41,42)/t28-/m1/s1. The zero-order valence-corrected chi connectivity index (χ0v) is 26.3. The molecule has 2 aliphatic rings. The second-order valence-electron chi connectivity index (χ2n) is 12.0. The second-order valence-corrected chi connectivity index (χ2v) is 13.1. The van der Waals surface area contributed by atoms with Crippen LogP contribution in [0.25, 0.3) is 10.9 Å². The Labute approximate surface area is 265 Å². The molecule has 0 bridgehead atoms. The summed E-state index contributed by atoms with van der Waals surface area (Å²) in [6.45, 7) is 5.36. The minimum Gasteiger partial charge on any atom is -0.497 e. The first-order valence-electron chi connectivity index (χ1n) is 15.3. The fourth-order valence-corrected chi connectivity index (χ4v) is 7.47. The van der Waals surface area contributed by atoms with Gasteiger partial charge in [0.1, 0.15) is 11.6 Å². The van der Waals surface area contributed by atoms with Gasteiger partial charge in [-0.15, -0.1) is 11.8 Å². The molecule has 45 heavy (non-hydrogen) atoms. The number of aliphatic hydroxyl groups is 1. The summed E-state index contributed by atoms with van der Waals surface area (Å²) in [5, 5.41) is 22.4. The van der Waals surface area contributed by atoms with Crippen LogP contribution in [0.1, 0.15) is 49.3 Å². The largest absolute Gasteiger partial charge is 0.497 e. The maximum absolute atomic E-state index is 14.0. The molecule has 3 aromatic rings. The number of nitrogens with zero attached hydrogens (tertiary/aromatic N) is 3. The summed E-state index contributed by atoms with van der Waals surface area (Å²) in [6.07, 6.45) is 3.18. The molecule has 2 aliphatic heterocycles. The molecule has 2 saturated heterocycles.